The summed E-state index contributed by atoms with van der Waals surface area (Å²) in [5.74, 6) is -0.534. The number of fused-ring (bicyclic) bond motifs is 3. The van der Waals surface area contributed by atoms with E-state index in [9.17, 15) is 9.59 Å². The first kappa shape index (κ1) is 25.7. The molecule has 3 heterocycles. The lowest BCUT2D eigenvalue weighted by atomic mass is 9.98. The summed E-state index contributed by atoms with van der Waals surface area (Å²) >= 11 is 12.4. The summed E-state index contributed by atoms with van der Waals surface area (Å²) < 4.78 is 0. The van der Waals surface area contributed by atoms with Crippen LogP contribution in [0.3, 0.4) is 0 Å². The van der Waals surface area contributed by atoms with Crippen molar-refractivity contribution < 1.29 is 9.59 Å². The van der Waals surface area contributed by atoms with Crippen molar-refractivity contribution in [3.8, 4) is 11.1 Å². The Morgan fingerprint density at radius 3 is 2.41 bits per heavy atom. The first-order chi connectivity index (χ1) is 18.9. The Balaban J connectivity index is 1.27. The summed E-state index contributed by atoms with van der Waals surface area (Å²) in [6, 6.07) is 14.7. The average Bonchev–Trinajstić information content (AvgIpc) is 3.60. The van der Waals surface area contributed by atoms with Crippen LogP contribution in [0.4, 0.5) is 0 Å². The zero-order valence-electron chi connectivity index (χ0n) is 21.3. The lowest BCUT2D eigenvalue weighted by molar-refractivity contribution is 0.0632. The van der Waals surface area contributed by atoms with Gasteiger partial charge >= 0.3 is 0 Å². The maximum absolute atomic E-state index is 13.5. The lowest BCUT2D eigenvalue weighted by Gasteiger charge is -2.35. The van der Waals surface area contributed by atoms with Gasteiger partial charge in [0.05, 0.1) is 34.0 Å². The van der Waals surface area contributed by atoms with Crippen molar-refractivity contribution in [2.75, 3.05) is 52.4 Å². The monoisotopic (exact) mass is 562 g/mol. The highest BCUT2D eigenvalue weighted by Crippen LogP contribution is 2.35. The third-order valence-electron chi connectivity index (χ3n) is 7.60. The number of benzene rings is 3. The predicted molar refractivity (Wildman–Crippen MR) is 157 cm³/mol. The van der Waals surface area contributed by atoms with E-state index in [1.165, 1.54) is 0 Å². The van der Waals surface area contributed by atoms with Crippen LogP contribution in [-0.2, 0) is 0 Å². The predicted octanol–water partition coefficient (Wildman–Crippen LogP) is 4.50. The van der Waals surface area contributed by atoms with Gasteiger partial charge in [0, 0.05) is 67.7 Å². The number of aromatic nitrogens is 1. The van der Waals surface area contributed by atoms with E-state index in [2.05, 4.69) is 19.8 Å². The number of aromatic amines is 1. The van der Waals surface area contributed by atoms with Crippen molar-refractivity contribution in [1.82, 2.24) is 19.7 Å². The minimum Gasteiger partial charge on any atom is -0.366 e. The number of carbonyl (C=O) groups is 2. The van der Waals surface area contributed by atoms with Gasteiger partial charge in [-0.25, -0.2) is 0 Å². The van der Waals surface area contributed by atoms with Crippen LogP contribution in [0.15, 0.2) is 53.5 Å². The summed E-state index contributed by atoms with van der Waals surface area (Å²) in [6.45, 7) is 6.87. The zero-order chi connectivity index (χ0) is 27.1. The molecule has 4 aromatic rings. The molecule has 0 unspecified atom stereocenters. The van der Waals surface area contributed by atoms with Crippen molar-refractivity contribution >= 4 is 63.2 Å². The molecule has 1 fully saturated rings. The molecule has 39 heavy (non-hydrogen) atoms. The summed E-state index contributed by atoms with van der Waals surface area (Å²) in [6.07, 6.45) is 1.93. The number of amides is 2. The number of aliphatic imine (C=N–C) groups is 1. The molecule has 2 aliphatic rings. The van der Waals surface area contributed by atoms with Crippen LogP contribution in [0.5, 0.6) is 0 Å². The molecule has 10 heteroatoms. The van der Waals surface area contributed by atoms with Crippen LogP contribution < -0.4 is 5.73 Å². The number of hydrogen-bond acceptors (Lipinski definition) is 5. The van der Waals surface area contributed by atoms with Gasteiger partial charge in [-0.1, -0.05) is 29.3 Å². The van der Waals surface area contributed by atoms with Crippen molar-refractivity contribution in [3.05, 3.63) is 69.7 Å². The number of piperazine rings is 1. The number of nitrogens with one attached hydrogen (secondary N) is 1. The molecule has 2 amide bonds. The molecule has 0 spiro atoms. The van der Waals surface area contributed by atoms with Gasteiger partial charge in [-0.15, -0.1) is 0 Å². The molecule has 1 aromatic heterocycles. The van der Waals surface area contributed by atoms with Gasteiger partial charge in [-0.3, -0.25) is 19.5 Å². The molecular formula is C29H28Cl2N6O2. The van der Waals surface area contributed by atoms with Crippen molar-refractivity contribution in [3.63, 3.8) is 0 Å². The normalized spacial score (nSPS) is 16.1. The molecule has 2 aliphatic heterocycles. The minimum atomic E-state index is -0.542. The third kappa shape index (κ3) is 5.07. The molecule has 3 N–H and O–H groups in total. The number of H-pyrrole nitrogens is 1. The number of hydrogen-bond donors (Lipinski definition) is 2. The molecule has 0 saturated carbocycles. The minimum absolute atomic E-state index is 0.00772. The van der Waals surface area contributed by atoms with Gasteiger partial charge in [0.1, 0.15) is 0 Å². The fourth-order valence-corrected chi connectivity index (χ4v) is 5.68. The first-order valence-electron chi connectivity index (χ1n) is 13.0. The second-order valence-electron chi connectivity index (χ2n) is 10.0. The van der Waals surface area contributed by atoms with Crippen molar-refractivity contribution in [1.29, 1.82) is 0 Å². The van der Waals surface area contributed by atoms with E-state index in [4.69, 9.17) is 28.9 Å². The number of carbonyl (C=O) groups excluding carboxylic acids is 2. The summed E-state index contributed by atoms with van der Waals surface area (Å²) in [7, 11) is 0. The Morgan fingerprint density at radius 1 is 0.872 bits per heavy atom. The zero-order valence-corrected chi connectivity index (χ0v) is 22.8. The third-order valence-corrected chi connectivity index (χ3v) is 8.34. The fourth-order valence-electron chi connectivity index (χ4n) is 5.38. The average molecular weight is 563 g/mol. The molecule has 3 aromatic carbocycles. The van der Waals surface area contributed by atoms with Crippen LogP contribution in [0.2, 0.25) is 10.0 Å². The SMILES string of the molecule is NC(=O)c1cc(-c2ccc(Cl)c(Cl)c2)cc2c1[nH]c1ccc(C(=O)N3CCN(CCN4C=NCC4)CC3)cc12. The highest BCUT2D eigenvalue weighted by molar-refractivity contribution is 6.42. The largest absolute Gasteiger partial charge is 0.366 e. The molecule has 0 bridgehead atoms. The van der Waals surface area contributed by atoms with Gasteiger partial charge in [-0.2, -0.15) is 0 Å². The van der Waals surface area contributed by atoms with Crippen LogP contribution in [-0.4, -0.2) is 90.2 Å². The van der Waals surface area contributed by atoms with Gasteiger partial charge in [0.15, 0.2) is 0 Å². The van der Waals surface area contributed by atoms with Crippen molar-refractivity contribution in [2.45, 2.75) is 0 Å². The van der Waals surface area contributed by atoms with Gasteiger partial charge in [0.25, 0.3) is 11.8 Å². The van der Waals surface area contributed by atoms with Gasteiger partial charge in [-0.05, 0) is 53.6 Å². The summed E-state index contributed by atoms with van der Waals surface area (Å²) in [4.78, 5) is 40.0. The molecule has 6 rings (SSSR count). The maximum Gasteiger partial charge on any atom is 0.253 e. The van der Waals surface area contributed by atoms with Crippen LogP contribution >= 0.6 is 23.2 Å². The smallest absolute Gasteiger partial charge is 0.253 e. The van der Waals surface area contributed by atoms with Gasteiger partial charge in [0.2, 0.25) is 0 Å². The van der Waals surface area contributed by atoms with E-state index >= 15 is 0 Å². The highest BCUT2D eigenvalue weighted by Gasteiger charge is 2.23. The van der Waals surface area contributed by atoms with Crippen LogP contribution in [0, 0.1) is 0 Å². The standard InChI is InChI=1S/C29H28Cl2N6O2/c30-24-3-1-18(16-25(24)31)20-14-22-21-13-19(2-4-26(21)34-27(22)23(15-20)28(32)38)29(39)37-11-9-35(10-12-37)7-8-36-6-5-33-17-36/h1-4,13-17,34H,5-12H2,(H2,32,38). The quantitative estimate of drug-likeness (QED) is 0.361. The second-order valence-corrected chi connectivity index (χ2v) is 10.8. The van der Waals surface area contributed by atoms with E-state index in [1.54, 1.807) is 18.2 Å². The Bertz CT molecular complexity index is 1620. The van der Waals surface area contributed by atoms with E-state index in [0.717, 1.165) is 66.7 Å². The van der Waals surface area contributed by atoms with E-state index in [-0.39, 0.29) is 5.91 Å². The topological polar surface area (TPSA) is 98.0 Å². The first-order valence-corrected chi connectivity index (χ1v) is 13.7. The Kier molecular flexibility index (Phi) is 6.93. The number of primary amides is 1. The summed E-state index contributed by atoms with van der Waals surface area (Å²) in [5.41, 5.74) is 9.81. The number of nitrogens with zero attached hydrogens (tertiary/aromatic N) is 4. The lowest BCUT2D eigenvalue weighted by Crippen LogP contribution is -2.50. The van der Waals surface area contributed by atoms with Crippen LogP contribution in [0.25, 0.3) is 32.9 Å². The molecule has 1 saturated heterocycles. The Hall–Kier alpha value is -3.59. The second kappa shape index (κ2) is 10.5. The molecule has 0 radical (unpaired) electrons. The molecule has 0 atom stereocenters. The van der Waals surface area contributed by atoms with E-state index < -0.39 is 5.91 Å². The highest BCUT2D eigenvalue weighted by atomic mass is 35.5. The fraction of sp³-hybridized carbons (Fsp3) is 0.276. The molecule has 0 aliphatic carbocycles. The van der Waals surface area contributed by atoms with E-state index in [0.29, 0.717) is 39.8 Å². The van der Waals surface area contributed by atoms with Crippen molar-refractivity contribution in [2.24, 2.45) is 10.7 Å². The summed E-state index contributed by atoms with van der Waals surface area (Å²) in [5, 5.41) is 2.54. The number of halogens is 2. The Labute approximate surface area is 236 Å². The van der Waals surface area contributed by atoms with E-state index in [1.807, 2.05) is 41.6 Å². The molecule has 8 nitrogen and oxygen atoms in total. The number of nitrogens with two attached hydrogens (primary N) is 1. The molecular weight excluding hydrogens is 535 g/mol. The van der Waals surface area contributed by atoms with Gasteiger partial charge < -0.3 is 20.5 Å². The molecule has 200 valence electrons. The number of rotatable bonds is 6. The Morgan fingerprint density at radius 2 is 1.69 bits per heavy atom. The maximum atomic E-state index is 13.5. The van der Waals surface area contributed by atoms with Crippen LogP contribution in [0.1, 0.15) is 20.7 Å².